The number of nitrogens with one attached hydrogen (secondary N) is 3. The molecule has 1 rings (SSSR count). The molecule has 0 fully saturated rings. The molecule has 0 bridgehead atoms. The van der Waals surface area contributed by atoms with Gasteiger partial charge in [-0.05, 0) is 23.1 Å². The van der Waals surface area contributed by atoms with Gasteiger partial charge in [0.1, 0.15) is 17.8 Å². The lowest BCUT2D eigenvalue weighted by molar-refractivity contribution is -0.154. The van der Waals surface area contributed by atoms with E-state index in [-0.39, 0.29) is 12.2 Å². The van der Waals surface area contributed by atoms with Crippen molar-refractivity contribution in [3.8, 4) is 5.75 Å². The zero-order valence-electron chi connectivity index (χ0n) is 18.2. The van der Waals surface area contributed by atoms with Gasteiger partial charge in [0.05, 0.1) is 0 Å². The molecule has 0 aromatic heterocycles. The Morgan fingerprint density at radius 2 is 1.60 bits per heavy atom. The summed E-state index contributed by atoms with van der Waals surface area (Å²) in [6, 6.07) is 3.59. The smallest absolute Gasteiger partial charge is 0.306 e. The van der Waals surface area contributed by atoms with E-state index in [9.17, 15) is 24.3 Å². The van der Waals surface area contributed by atoms with E-state index in [4.69, 9.17) is 4.74 Å². The quantitative estimate of drug-likeness (QED) is 0.466. The summed E-state index contributed by atoms with van der Waals surface area (Å²) in [5, 5.41) is 17.2. The second-order valence-electron chi connectivity index (χ2n) is 7.96. The van der Waals surface area contributed by atoms with Gasteiger partial charge in [0, 0.05) is 20.4 Å². The van der Waals surface area contributed by atoms with Gasteiger partial charge in [-0.25, -0.2) is 0 Å². The van der Waals surface area contributed by atoms with E-state index in [1.807, 2.05) is 0 Å². The summed E-state index contributed by atoms with van der Waals surface area (Å²) in [6.45, 7) is 8.23. The van der Waals surface area contributed by atoms with E-state index in [2.05, 4.69) is 16.0 Å². The normalized spacial score (nSPS) is 14.1. The molecule has 0 aliphatic heterocycles. The maximum absolute atomic E-state index is 13.0. The summed E-state index contributed by atoms with van der Waals surface area (Å²) in [5.74, 6) is -2.14. The summed E-state index contributed by atoms with van der Waals surface area (Å²) < 4.78 is 5.47. The van der Waals surface area contributed by atoms with Crippen LogP contribution in [-0.4, -0.2) is 47.9 Å². The monoisotopic (exact) mass is 421 g/mol. The Morgan fingerprint density at radius 1 is 1.03 bits per heavy atom. The van der Waals surface area contributed by atoms with E-state index in [1.54, 1.807) is 27.7 Å². The van der Waals surface area contributed by atoms with Crippen LogP contribution in [0.2, 0.25) is 0 Å². The van der Waals surface area contributed by atoms with Crippen LogP contribution in [0.1, 0.15) is 52.7 Å². The number of carbonyl (C=O) groups excluding carboxylic acids is 4. The molecular formula is C21H31N3O6. The van der Waals surface area contributed by atoms with Crippen LogP contribution in [0.25, 0.3) is 0 Å². The lowest BCUT2D eigenvalue weighted by Gasteiger charge is -2.33. The number of benzene rings is 1. The Morgan fingerprint density at radius 3 is 2.03 bits per heavy atom. The Hall–Kier alpha value is -3.10. The number of esters is 1. The lowest BCUT2D eigenvalue weighted by Crippen LogP contribution is -2.58. The molecule has 0 aliphatic carbocycles. The van der Waals surface area contributed by atoms with Gasteiger partial charge < -0.3 is 25.8 Å². The molecule has 1 aromatic rings. The van der Waals surface area contributed by atoms with Gasteiger partial charge in [0.25, 0.3) is 0 Å². The molecular weight excluding hydrogens is 390 g/mol. The molecule has 30 heavy (non-hydrogen) atoms. The van der Waals surface area contributed by atoms with Crippen molar-refractivity contribution in [2.24, 2.45) is 5.41 Å². The number of ether oxygens (including phenoxy) is 1. The average Bonchev–Trinajstić information content (AvgIpc) is 2.67. The molecule has 166 valence electrons. The van der Waals surface area contributed by atoms with Gasteiger partial charge >= 0.3 is 5.97 Å². The molecule has 0 aliphatic rings. The van der Waals surface area contributed by atoms with Crippen LogP contribution in [0.5, 0.6) is 5.75 Å². The van der Waals surface area contributed by atoms with E-state index in [0.29, 0.717) is 5.56 Å². The molecule has 0 spiro atoms. The van der Waals surface area contributed by atoms with Crippen molar-refractivity contribution in [1.82, 2.24) is 16.0 Å². The minimum Gasteiger partial charge on any atom is -0.508 e. The second kappa shape index (κ2) is 10.6. The third kappa shape index (κ3) is 7.06. The van der Waals surface area contributed by atoms with Crippen molar-refractivity contribution in [1.29, 1.82) is 0 Å². The van der Waals surface area contributed by atoms with E-state index >= 15 is 0 Å². The number of likely N-dealkylation sites (N-methyl/N-ethyl adjacent to an activating group) is 1. The minimum absolute atomic E-state index is 0.00157. The van der Waals surface area contributed by atoms with Gasteiger partial charge in [0.15, 0.2) is 6.10 Å². The third-order valence-corrected chi connectivity index (χ3v) is 4.37. The van der Waals surface area contributed by atoms with E-state index < -0.39 is 47.3 Å². The van der Waals surface area contributed by atoms with Crippen molar-refractivity contribution in [3.63, 3.8) is 0 Å². The highest BCUT2D eigenvalue weighted by Crippen LogP contribution is 2.26. The molecule has 4 N–H and O–H groups in total. The Bertz CT molecular complexity index is 770. The summed E-state index contributed by atoms with van der Waals surface area (Å²) >= 11 is 0. The first kappa shape index (κ1) is 24.9. The van der Waals surface area contributed by atoms with Crippen molar-refractivity contribution in [2.75, 3.05) is 7.05 Å². The van der Waals surface area contributed by atoms with Crippen LogP contribution in [0.15, 0.2) is 24.3 Å². The number of amides is 3. The fourth-order valence-electron chi connectivity index (χ4n) is 2.77. The molecule has 9 nitrogen and oxygen atoms in total. The molecule has 3 amide bonds. The van der Waals surface area contributed by atoms with Crippen molar-refractivity contribution < 1.29 is 29.0 Å². The van der Waals surface area contributed by atoms with Crippen LogP contribution >= 0.6 is 0 Å². The molecule has 1 aromatic carbocycles. The van der Waals surface area contributed by atoms with E-state index in [1.165, 1.54) is 38.2 Å². The zero-order chi connectivity index (χ0) is 23.1. The van der Waals surface area contributed by atoms with Crippen LogP contribution < -0.4 is 16.0 Å². The molecule has 9 heteroatoms. The van der Waals surface area contributed by atoms with Gasteiger partial charge in [-0.15, -0.1) is 0 Å². The van der Waals surface area contributed by atoms with Crippen molar-refractivity contribution in [3.05, 3.63) is 29.8 Å². The maximum Gasteiger partial charge on any atom is 0.306 e. The summed E-state index contributed by atoms with van der Waals surface area (Å²) in [5.41, 5.74) is -0.229. The molecule has 3 atom stereocenters. The highest BCUT2D eigenvalue weighted by Gasteiger charge is 2.38. The molecule has 0 saturated carbocycles. The first-order valence-electron chi connectivity index (χ1n) is 9.68. The highest BCUT2D eigenvalue weighted by molar-refractivity contribution is 5.92. The minimum atomic E-state index is -1.26. The number of phenols is 1. The number of aromatic hydroxyl groups is 1. The first-order valence-corrected chi connectivity index (χ1v) is 9.68. The number of phenolic OH excluding ortho intramolecular Hbond substituents is 1. The topological polar surface area (TPSA) is 134 Å². The SMILES string of the molecule is CCC(=O)OC(c1ccc(O)cc1)C(NC(=O)C(NC(C)=O)C(C)(C)C)C(=O)NC. The third-order valence-electron chi connectivity index (χ3n) is 4.37. The van der Waals surface area contributed by atoms with Crippen LogP contribution in [-0.2, 0) is 23.9 Å². The Balaban J connectivity index is 3.34. The first-order chi connectivity index (χ1) is 13.9. The average molecular weight is 421 g/mol. The summed E-state index contributed by atoms with van der Waals surface area (Å²) in [4.78, 5) is 49.3. The number of carbonyl (C=O) groups is 4. The predicted molar refractivity (Wildman–Crippen MR) is 110 cm³/mol. The zero-order valence-corrected chi connectivity index (χ0v) is 18.2. The van der Waals surface area contributed by atoms with Crippen molar-refractivity contribution >= 4 is 23.7 Å². The second-order valence-corrected chi connectivity index (χ2v) is 7.96. The van der Waals surface area contributed by atoms with Gasteiger partial charge in [-0.3, -0.25) is 19.2 Å². The van der Waals surface area contributed by atoms with Gasteiger partial charge in [-0.2, -0.15) is 0 Å². The molecule has 0 saturated heterocycles. The predicted octanol–water partition coefficient (Wildman–Crippen LogP) is 1.17. The highest BCUT2D eigenvalue weighted by atomic mass is 16.5. The Kier molecular flexibility index (Phi) is 8.82. The number of rotatable bonds is 8. The fourth-order valence-corrected chi connectivity index (χ4v) is 2.77. The summed E-state index contributed by atoms with van der Waals surface area (Å²) in [7, 11) is 1.39. The van der Waals surface area contributed by atoms with Gasteiger partial charge in [0.2, 0.25) is 17.7 Å². The van der Waals surface area contributed by atoms with E-state index in [0.717, 1.165) is 0 Å². The molecule has 0 radical (unpaired) electrons. The summed E-state index contributed by atoms with van der Waals surface area (Å²) in [6.07, 6.45) is -1.07. The standard InChI is InChI=1S/C21H31N3O6/c1-7-15(27)30-17(13-8-10-14(26)11-9-13)16(19(28)22-6)24-20(29)18(21(3,4)5)23-12(2)25/h8-11,16-18,26H,7H2,1-6H3,(H,22,28)(H,23,25)(H,24,29). The number of hydrogen-bond acceptors (Lipinski definition) is 6. The lowest BCUT2D eigenvalue weighted by atomic mass is 9.85. The van der Waals surface area contributed by atoms with Crippen LogP contribution in [0.3, 0.4) is 0 Å². The number of hydrogen-bond donors (Lipinski definition) is 4. The largest absolute Gasteiger partial charge is 0.508 e. The van der Waals surface area contributed by atoms with Crippen molar-refractivity contribution in [2.45, 2.75) is 59.2 Å². The molecule has 0 heterocycles. The maximum atomic E-state index is 13.0. The fraction of sp³-hybridized carbons (Fsp3) is 0.524. The Labute approximate surface area is 176 Å². The van der Waals surface area contributed by atoms with Crippen LogP contribution in [0, 0.1) is 5.41 Å². The van der Waals surface area contributed by atoms with Crippen LogP contribution in [0.4, 0.5) is 0 Å². The molecule has 3 unspecified atom stereocenters. The van der Waals surface area contributed by atoms with Gasteiger partial charge in [-0.1, -0.05) is 39.8 Å².